The van der Waals surface area contributed by atoms with Crippen molar-refractivity contribution >= 4 is 23.4 Å². The van der Waals surface area contributed by atoms with Gasteiger partial charge in [0.2, 0.25) is 5.91 Å². The predicted molar refractivity (Wildman–Crippen MR) is 123 cm³/mol. The lowest BCUT2D eigenvalue weighted by Gasteiger charge is -2.35. The number of benzene rings is 2. The van der Waals surface area contributed by atoms with Crippen LogP contribution in [-0.4, -0.2) is 57.8 Å². The molecular weight excluding hydrogens is 378 g/mol. The molecule has 1 fully saturated rings. The lowest BCUT2D eigenvalue weighted by Crippen LogP contribution is -2.46. The molecule has 1 N–H and O–H groups in total. The Morgan fingerprint density at radius 1 is 1.07 bits per heavy atom. The lowest BCUT2D eigenvalue weighted by molar-refractivity contribution is -0.111. The molecule has 1 heterocycles. The van der Waals surface area contributed by atoms with Crippen molar-refractivity contribution in [2.24, 2.45) is 0 Å². The van der Waals surface area contributed by atoms with Gasteiger partial charge in [0.1, 0.15) is 11.5 Å². The molecule has 1 amide bonds. The summed E-state index contributed by atoms with van der Waals surface area (Å²) in [6.07, 6.45) is 3.26. The second kappa shape index (κ2) is 10.2. The van der Waals surface area contributed by atoms with Crippen molar-refractivity contribution in [1.29, 1.82) is 0 Å². The highest BCUT2D eigenvalue weighted by atomic mass is 16.5. The second-order valence-electron chi connectivity index (χ2n) is 7.35. The number of likely N-dealkylation sites (N-methyl/N-ethyl adjacent to an activating group) is 1. The lowest BCUT2D eigenvalue weighted by atomic mass is 10.1. The number of amides is 1. The maximum Gasteiger partial charge on any atom is 0.248 e. The van der Waals surface area contributed by atoms with Crippen LogP contribution in [0.4, 0.5) is 11.4 Å². The summed E-state index contributed by atoms with van der Waals surface area (Å²) in [6, 6.07) is 11.7. The summed E-state index contributed by atoms with van der Waals surface area (Å²) in [4.78, 5) is 17.3. The van der Waals surface area contributed by atoms with Gasteiger partial charge < -0.3 is 24.6 Å². The van der Waals surface area contributed by atoms with Crippen LogP contribution in [0.5, 0.6) is 11.5 Å². The Morgan fingerprint density at radius 2 is 1.83 bits per heavy atom. The topological polar surface area (TPSA) is 54.0 Å². The summed E-state index contributed by atoms with van der Waals surface area (Å²) in [5.41, 5.74) is 3.89. The molecular formula is C24H31N3O3. The number of hydrogen-bond acceptors (Lipinski definition) is 5. The Kier molecular flexibility index (Phi) is 7.36. The van der Waals surface area contributed by atoms with Crippen LogP contribution in [0.1, 0.15) is 18.1 Å². The maximum absolute atomic E-state index is 12.4. The monoisotopic (exact) mass is 409 g/mol. The van der Waals surface area contributed by atoms with Crippen molar-refractivity contribution in [2.45, 2.75) is 13.8 Å². The molecule has 30 heavy (non-hydrogen) atoms. The molecule has 160 valence electrons. The van der Waals surface area contributed by atoms with Crippen molar-refractivity contribution in [3.05, 3.63) is 53.6 Å². The number of piperazine rings is 1. The summed E-state index contributed by atoms with van der Waals surface area (Å²) in [7, 11) is 3.20. The van der Waals surface area contributed by atoms with E-state index in [0.717, 1.165) is 49.5 Å². The van der Waals surface area contributed by atoms with Crippen LogP contribution in [0.15, 0.2) is 42.5 Å². The minimum absolute atomic E-state index is 0.180. The number of nitrogens with one attached hydrogen (secondary N) is 1. The smallest absolute Gasteiger partial charge is 0.248 e. The van der Waals surface area contributed by atoms with Gasteiger partial charge in [-0.15, -0.1) is 0 Å². The van der Waals surface area contributed by atoms with Gasteiger partial charge in [0.05, 0.1) is 14.2 Å². The Balaban J connectivity index is 1.63. The zero-order valence-electron chi connectivity index (χ0n) is 18.3. The van der Waals surface area contributed by atoms with Gasteiger partial charge in [0.15, 0.2) is 0 Å². The van der Waals surface area contributed by atoms with Crippen LogP contribution < -0.4 is 19.7 Å². The van der Waals surface area contributed by atoms with E-state index in [4.69, 9.17) is 9.47 Å². The van der Waals surface area contributed by atoms with E-state index in [0.29, 0.717) is 11.5 Å². The molecule has 0 bridgehead atoms. The molecule has 6 heteroatoms. The zero-order valence-corrected chi connectivity index (χ0v) is 18.3. The average molecular weight is 410 g/mol. The summed E-state index contributed by atoms with van der Waals surface area (Å²) in [5.74, 6) is 1.18. The van der Waals surface area contributed by atoms with Crippen LogP contribution in [0.25, 0.3) is 6.08 Å². The first-order valence-corrected chi connectivity index (χ1v) is 10.3. The van der Waals surface area contributed by atoms with E-state index in [9.17, 15) is 4.79 Å². The number of nitrogens with zero attached hydrogens (tertiary/aromatic N) is 2. The Bertz CT molecular complexity index is 903. The van der Waals surface area contributed by atoms with E-state index in [2.05, 4.69) is 34.2 Å². The van der Waals surface area contributed by atoms with Crippen LogP contribution in [0.3, 0.4) is 0 Å². The normalized spacial score (nSPS) is 14.7. The Hall–Kier alpha value is -2.99. The van der Waals surface area contributed by atoms with Crippen LogP contribution in [-0.2, 0) is 4.79 Å². The molecule has 1 aliphatic rings. The highest BCUT2D eigenvalue weighted by Crippen LogP contribution is 2.26. The zero-order chi connectivity index (χ0) is 21.5. The van der Waals surface area contributed by atoms with Gasteiger partial charge >= 0.3 is 0 Å². The molecule has 0 aromatic heterocycles. The first-order chi connectivity index (χ1) is 14.5. The summed E-state index contributed by atoms with van der Waals surface area (Å²) >= 11 is 0. The minimum atomic E-state index is -0.180. The highest BCUT2D eigenvalue weighted by molar-refractivity contribution is 6.02. The first kappa shape index (κ1) is 21.7. The molecule has 3 rings (SSSR count). The van der Waals surface area contributed by atoms with E-state index >= 15 is 0 Å². The van der Waals surface area contributed by atoms with Crippen molar-refractivity contribution in [2.75, 3.05) is 57.2 Å². The molecule has 0 atom stereocenters. The molecule has 0 spiro atoms. The third-order valence-corrected chi connectivity index (χ3v) is 5.51. The first-order valence-electron chi connectivity index (χ1n) is 10.3. The van der Waals surface area contributed by atoms with E-state index < -0.39 is 0 Å². The number of rotatable bonds is 7. The van der Waals surface area contributed by atoms with Gasteiger partial charge in [-0.3, -0.25) is 4.79 Å². The fraction of sp³-hybridized carbons (Fsp3) is 0.375. The van der Waals surface area contributed by atoms with E-state index in [1.54, 1.807) is 26.4 Å². The second-order valence-corrected chi connectivity index (χ2v) is 7.35. The Labute approximate surface area is 179 Å². The van der Waals surface area contributed by atoms with Gasteiger partial charge in [-0.2, -0.15) is 0 Å². The van der Waals surface area contributed by atoms with Gasteiger partial charge in [0.25, 0.3) is 0 Å². The average Bonchev–Trinajstić information content (AvgIpc) is 2.79. The van der Waals surface area contributed by atoms with Crippen molar-refractivity contribution < 1.29 is 14.3 Å². The fourth-order valence-electron chi connectivity index (χ4n) is 3.60. The third kappa shape index (κ3) is 5.33. The predicted octanol–water partition coefficient (Wildman–Crippen LogP) is 3.81. The van der Waals surface area contributed by atoms with Crippen LogP contribution >= 0.6 is 0 Å². The van der Waals surface area contributed by atoms with Gasteiger partial charge in [-0.25, -0.2) is 0 Å². The standard InChI is InChI=1S/C24H31N3O3/c1-5-26-12-14-27(15-13-26)20-8-10-22(18(2)16-20)25-24(28)11-7-19-6-9-21(29-3)17-23(19)30-4/h6-11,16-17H,5,12-15H2,1-4H3,(H,25,28)/b11-7+. The molecule has 0 saturated carbocycles. The molecule has 2 aromatic rings. The quantitative estimate of drug-likeness (QED) is 0.705. The SMILES string of the molecule is CCN1CCN(c2ccc(NC(=O)/C=C/c3ccc(OC)cc3OC)c(C)c2)CC1. The third-order valence-electron chi connectivity index (χ3n) is 5.51. The van der Waals surface area contributed by atoms with Crippen LogP contribution in [0, 0.1) is 6.92 Å². The maximum atomic E-state index is 12.4. The van der Waals surface area contributed by atoms with Crippen LogP contribution in [0.2, 0.25) is 0 Å². The van der Waals surface area contributed by atoms with Gasteiger partial charge in [0, 0.05) is 55.3 Å². The Morgan fingerprint density at radius 3 is 2.47 bits per heavy atom. The molecule has 1 saturated heterocycles. The number of anilines is 2. The van der Waals surface area contributed by atoms with Crippen molar-refractivity contribution in [3.8, 4) is 11.5 Å². The fourth-order valence-corrected chi connectivity index (χ4v) is 3.60. The molecule has 0 radical (unpaired) electrons. The summed E-state index contributed by atoms with van der Waals surface area (Å²) in [6.45, 7) is 9.58. The van der Waals surface area contributed by atoms with Crippen molar-refractivity contribution in [1.82, 2.24) is 4.90 Å². The largest absolute Gasteiger partial charge is 0.497 e. The highest BCUT2D eigenvalue weighted by Gasteiger charge is 2.16. The number of carbonyl (C=O) groups is 1. The summed E-state index contributed by atoms with van der Waals surface area (Å²) in [5, 5.41) is 2.97. The van der Waals surface area contributed by atoms with E-state index in [1.807, 2.05) is 25.1 Å². The minimum Gasteiger partial charge on any atom is -0.497 e. The van der Waals surface area contributed by atoms with E-state index in [-0.39, 0.29) is 5.91 Å². The van der Waals surface area contributed by atoms with E-state index in [1.165, 1.54) is 11.8 Å². The molecule has 0 aliphatic carbocycles. The number of ether oxygens (including phenoxy) is 2. The van der Waals surface area contributed by atoms with Crippen molar-refractivity contribution in [3.63, 3.8) is 0 Å². The molecule has 2 aromatic carbocycles. The number of methoxy groups -OCH3 is 2. The summed E-state index contributed by atoms with van der Waals surface area (Å²) < 4.78 is 10.6. The van der Waals surface area contributed by atoms with Gasteiger partial charge in [-0.1, -0.05) is 6.92 Å². The molecule has 0 unspecified atom stereocenters. The van der Waals surface area contributed by atoms with Gasteiger partial charge in [-0.05, 0) is 55.4 Å². The number of carbonyl (C=O) groups excluding carboxylic acids is 1. The molecule has 6 nitrogen and oxygen atoms in total. The number of aryl methyl sites for hydroxylation is 1. The number of hydrogen-bond donors (Lipinski definition) is 1. The molecule has 1 aliphatic heterocycles.